The van der Waals surface area contributed by atoms with Gasteiger partial charge < -0.3 is 0 Å². The van der Waals surface area contributed by atoms with E-state index < -0.39 is 0 Å². The summed E-state index contributed by atoms with van der Waals surface area (Å²) in [6.07, 6.45) is 0. The Labute approximate surface area is 96.0 Å². The number of hydrogen-bond donors (Lipinski definition) is 0. The molecular formula is C13H17NS. The highest BCUT2D eigenvalue weighted by Crippen LogP contribution is 2.46. The van der Waals surface area contributed by atoms with Gasteiger partial charge >= 0.3 is 0 Å². The molecule has 2 heteroatoms. The van der Waals surface area contributed by atoms with Crippen LogP contribution in [0.15, 0.2) is 35.3 Å². The maximum Gasteiger partial charge on any atom is 0.0990 e. The van der Waals surface area contributed by atoms with Crippen molar-refractivity contribution < 1.29 is 0 Å². The highest BCUT2D eigenvalue weighted by atomic mass is 32.2. The first-order chi connectivity index (χ1) is 6.92. The number of nitrogens with zero attached hydrogens (tertiary/aromatic N) is 1. The van der Waals surface area contributed by atoms with Crippen molar-refractivity contribution in [3.8, 4) is 0 Å². The fourth-order valence-corrected chi connectivity index (χ4v) is 2.79. The second-order valence-electron chi connectivity index (χ2n) is 4.95. The molecule has 0 amide bonds. The molecule has 1 aliphatic rings. The summed E-state index contributed by atoms with van der Waals surface area (Å²) in [6.45, 7) is 8.93. The molecule has 15 heavy (non-hydrogen) atoms. The molecule has 0 fully saturated rings. The fraction of sp³-hybridized carbons (Fsp3) is 0.462. The molecule has 80 valence electrons. The third-order valence-corrected chi connectivity index (χ3v) is 4.76. The van der Waals surface area contributed by atoms with E-state index in [1.165, 1.54) is 10.6 Å². The summed E-state index contributed by atoms with van der Waals surface area (Å²) in [6, 6.07) is 10.4. The first kappa shape index (κ1) is 10.7. The molecule has 1 aromatic carbocycles. The van der Waals surface area contributed by atoms with E-state index in [0.29, 0.717) is 0 Å². The minimum Gasteiger partial charge on any atom is -0.270 e. The van der Waals surface area contributed by atoms with Crippen molar-refractivity contribution in [2.45, 2.75) is 38.0 Å². The Hall–Kier alpha value is -0.760. The smallest absolute Gasteiger partial charge is 0.0990 e. The van der Waals surface area contributed by atoms with Gasteiger partial charge in [0, 0.05) is 10.3 Å². The van der Waals surface area contributed by atoms with E-state index in [4.69, 9.17) is 4.99 Å². The summed E-state index contributed by atoms with van der Waals surface area (Å²) in [7, 11) is 0. The van der Waals surface area contributed by atoms with Gasteiger partial charge in [-0.25, -0.2) is 0 Å². The topological polar surface area (TPSA) is 12.4 Å². The molecule has 2 rings (SSSR count). The van der Waals surface area contributed by atoms with Gasteiger partial charge in [-0.05, 0) is 27.7 Å². The van der Waals surface area contributed by atoms with E-state index in [0.717, 1.165) is 0 Å². The van der Waals surface area contributed by atoms with Gasteiger partial charge in [0.15, 0.2) is 0 Å². The van der Waals surface area contributed by atoms with Crippen LogP contribution in [0.5, 0.6) is 0 Å². The molecular weight excluding hydrogens is 202 g/mol. The van der Waals surface area contributed by atoms with Crippen LogP contribution in [0.1, 0.15) is 33.3 Å². The van der Waals surface area contributed by atoms with Crippen LogP contribution < -0.4 is 0 Å². The third-order valence-electron chi connectivity index (χ3n) is 3.23. The predicted molar refractivity (Wildman–Crippen MR) is 68.7 cm³/mol. The Bertz CT molecular complexity index is 390. The standard InChI is InChI=1S/C13H17NS/c1-12(2)13(3,4)15-11(14-12)10-8-6-5-7-9-10/h5-9H,1-4H3. The molecule has 0 spiro atoms. The molecule has 1 nitrogen and oxygen atoms in total. The van der Waals surface area contributed by atoms with Gasteiger partial charge in [0.05, 0.1) is 10.6 Å². The Kier molecular flexibility index (Phi) is 2.42. The highest BCUT2D eigenvalue weighted by Gasteiger charge is 2.44. The van der Waals surface area contributed by atoms with Crippen molar-refractivity contribution >= 4 is 16.8 Å². The minimum atomic E-state index is 0.0167. The molecule has 0 saturated heterocycles. The summed E-state index contributed by atoms with van der Waals surface area (Å²) >= 11 is 1.88. The van der Waals surface area contributed by atoms with Gasteiger partial charge in [0.2, 0.25) is 0 Å². The number of benzene rings is 1. The van der Waals surface area contributed by atoms with Gasteiger partial charge in [-0.2, -0.15) is 0 Å². The van der Waals surface area contributed by atoms with E-state index in [1.807, 2.05) is 17.8 Å². The molecule has 0 unspecified atom stereocenters. The molecule has 1 aromatic rings. The number of hydrogen-bond acceptors (Lipinski definition) is 2. The summed E-state index contributed by atoms with van der Waals surface area (Å²) < 4.78 is 0.179. The normalized spacial score (nSPS) is 22.5. The van der Waals surface area contributed by atoms with E-state index in [2.05, 4.69) is 52.0 Å². The fourth-order valence-electron chi connectivity index (χ4n) is 1.48. The SMILES string of the molecule is CC1(C)N=C(c2ccccc2)SC1(C)C. The van der Waals surface area contributed by atoms with Gasteiger partial charge in [0.25, 0.3) is 0 Å². The molecule has 0 atom stereocenters. The lowest BCUT2D eigenvalue weighted by Crippen LogP contribution is -2.36. The van der Waals surface area contributed by atoms with Crippen molar-refractivity contribution in [3.63, 3.8) is 0 Å². The van der Waals surface area contributed by atoms with Gasteiger partial charge in [0.1, 0.15) is 0 Å². The minimum absolute atomic E-state index is 0.0167. The average molecular weight is 219 g/mol. The lowest BCUT2D eigenvalue weighted by atomic mass is 9.91. The van der Waals surface area contributed by atoms with Crippen molar-refractivity contribution in [1.29, 1.82) is 0 Å². The van der Waals surface area contributed by atoms with Crippen LogP contribution in [0.25, 0.3) is 0 Å². The zero-order valence-corrected chi connectivity index (χ0v) is 10.6. The summed E-state index contributed by atoms with van der Waals surface area (Å²) in [5, 5.41) is 1.17. The number of aliphatic imine (C=N–C) groups is 1. The first-order valence-corrected chi connectivity index (χ1v) is 6.08. The summed E-state index contributed by atoms with van der Waals surface area (Å²) in [4.78, 5) is 4.82. The van der Waals surface area contributed by atoms with Gasteiger partial charge in [-0.15, -0.1) is 0 Å². The van der Waals surface area contributed by atoms with Crippen molar-refractivity contribution in [2.24, 2.45) is 4.99 Å². The predicted octanol–water partition coefficient (Wildman–Crippen LogP) is 3.74. The molecule has 0 saturated carbocycles. The summed E-state index contributed by atoms with van der Waals surface area (Å²) in [5.74, 6) is 0. The number of rotatable bonds is 1. The molecule has 0 N–H and O–H groups in total. The van der Waals surface area contributed by atoms with Crippen molar-refractivity contribution in [2.75, 3.05) is 0 Å². The maximum atomic E-state index is 4.82. The Morgan fingerprint density at radius 2 is 1.60 bits per heavy atom. The highest BCUT2D eigenvalue weighted by molar-refractivity contribution is 8.15. The lowest BCUT2D eigenvalue weighted by molar-refractivity contribution is 0.426. The van der Waals surface area contributed by atoms with Crippen LogP contribution in [0.4, 0.5) is 0 Å². The van der Waals surface area contributed by atoms with E-state index >= 15 is 0 Å². The molecule has 0 radical (unpaired) electrons. The van der Waals surface area contributed by atoms with Crippen LogP contribution in [0.3, 0.4) is 0 Å². The monoisotopic (exact) mass is 219 g/mol. The molecule has 0 bridgehead atoms. The lowest BCUT2D eigenvalue weighted by Gasteiger charge is -2.30. The number of thioether (sulfide) groups is 1. The van der Waals surface area contributed by atoms with E-state index in [1.54, 1.807) is 0 Å². The molecule has 0 aromatic heterocycles. The van der Waals surface area contributed by atoms with Crippen LogP contribution in [-0.2, 0) is 0 Å². The average Bonchev–Trinajstić information content (AvgIpc) is 2.38. The second-order valence-corrected chi connectivity index (χ2v) is 6.57. The van der Waals surface area contributed by atoms with Gasteiger partial charge in [-0.3, -0.25) is 4.99 Å². The summed E-state index contributed by atoms with van der Waals surface area (Å²) in [5.41, 5.74) is 1.25. The van der Waals surface area contributed by atoms with E-state index in [9.17, 15) is 0 Å². The quantitative estimate of drug-likeness (QED) is 0.701. The zero-order valence-electron chi connectivity index (χ0n) is 9.74. The molecule has 0 aliphatic carbocycles. The van der Waals surface area contributed by atoms with Crippen molar-refractivity contribution in [1.82, 2.24) is 0 Å². The van der Waals surface area contributed by atoms with Crippen LogP contribution in [0, 0.1) is 0 Å². The molecule has 1 heterocycles. The van der Waals surface area contributed by atoms with Gasteiger partial charge in [-0.1, -0.05) is 42.1 Å². The zero-order chi connectivity index (χ0) is 11.1. The Balaban J connectivity index is 2.37. The Morgan fingerprint density at radius 3 is 2.07 bits per heavy atom. The first-order valence-electron chi connectivity index (χ1n) is 5.27. The maximum absolute atomic E-state index is 4.82. The van der Waals surface area contributed by atoms with E-state index in [-0.39, 0.29) is 10.3 Å². The van der Waals surface area contributed by atoms with Crippen LogP contribution >= 0.6 is 11.8 Å². The third kappa shape index (κ3) is 1.83. The largest absolute Gasteiger partial charge is 0.270 e. The van der Waals surface area contributed by atoms with Crippen LogP contribution in [0.2, 0.25) is 0 Å². The second kappa shape index (κ2) is 3.38. The Morgan fingerprint density at radius 1 is 1.00 bits per heavy atom. The van der Waals surface area contributed by atoms with Crippen molar-refractivity contribution in [3.05, 3.63) is 35.9 Å². The van der Waals surface area contributed by atoms with Crippen LogP contribution in [-0.4, -0.2) is 15.3 Å². The molecule has 1 aliphatic heterocycles.